The summed E-state index contributed by atoms with van der Waals surface area (Å²) >= 11 is 0. The van der Waals surface area contributed by atoms with Crippen molar-refractivity contribution >= 4 is 17.1 Å². The van der Waals surface area contributed by atoms with E-state index in [-0.39, 0.29) is 12.0 Å². The van der Waals surface area contributed by atoms with Crippen LogP contribution in [-0.4, -0.2) is 44.6 Å². The van der Waals surface area contributed by atoms with E-state index < -0.39 is 0 Å². The topological polar surface area (TPSA) is 60.2 Å². The number of ether oxygens (including phenoxy) is 1. The minimum absolute atomic E-state index is 0.0279. The molecule has 1 aromatic carbocycles. The maximum absolute atomic E-state index is 13.4. The number of fused-ring (bicyclic) bond motifs is 1. The lowest BCUT2D eigenvalue weighted by atomic mass is 10.1. The third kappa shape index (κ3) is 4.70. The first-order chi connectivity index (χ1) is 14.5. The highest BCUT2D eigenvalue weighted by atomic mass is 16.5. The van der Waals surface area contributed by atoms with Gasteiger partial charge in [0.05, 0.1) is 18.0 Å². The Kier molecular flexibility index (Phi) is 6.13. The lowest BCUT2D eigenvalue weighted by molar-refractivity contribution is 0.0507. The molecular formula is C24H30N4O2. The molecule has 4 rings (SSSR count). The summed E-state index contributed by atoms with van der Waals surface area (Å²) in [6.45, 7) is 9.18. The summed E-state index contributed by atoms with van der Waals surface area (Å²) in [7, 11) is 0. The zero-order valence-corrected chi connectivity index (χ0v) is 18.0. The number of amides is 1. The third-order valence-corrected chi connectivity index (χ3v) is 5.46. The maximum Gasteiger partial charge on any atom is 0.255 e. The van der Waals surface area contributed by atoms with E-state index in [1.807, 2.05) is 27.9 Å². The van der Waals surface area contributed by atoms with E-state index in [4.69, 9.17) is 4.74 Å². The highest BCUT2D eigenvalue weighted by molar-refractivity contribution is 5.96. The van der Waals surface area contributed by atoms with Crippen molar-refractivity contribution < 1.29 is 9.53 Å². The molecule has 1 amide bonds. The molecule has 0 N–H and O–H groups in total. The molecule has 0 radical (unpaired) electrons. The molecule has 1 saturated heterocycles. The first-order valence-corrected chi connectivity index (χ1v) is 10.8. The average molecular weight is 407 g/mol. The van der Waals surface area contributed by atoms with Crippen molar-refractivity contribution in [2.75, 3.05) is 13.2 Å². The fourth-order valence-corrected chi connectivity index (χ4v) is 4.06. The quantitative estimate of drug-likeness (QED) is 0.589. The molecular weight excluding hydrogens is 376 g/mol. The van der Waals surface area contributed by atoms with Gasteiger partial charge >= 0.3 is 0 Å². The van der Waals surface area contributed by atoms with Crippen LogP contribution in [0.15, 0.2) is 42.9 Å². The molecule has 30 heavy (non-hydrogen) atoms. The van der Waals surface area contributed by atoms with Crippen LogP contribution >= 0.6 is 0 Å². The Morgan fingerprint density at radius 3 is 2.90 bits per heavy atom. The second-order valence-corrected chi connectivity index (χ2v) is 8.67. The number of benzene rings is 1. The molecule has 6 nitrogen and oxygen atoms in total. The molecule has 2 aromatic heterocycles. The monoisotopic (exact) mass is 406 g/mol. The molecule has 1 aliphatic rings. The number of pyridine rings is 1. The number of rotatable bonds is 7. The Labute approximate surface area is 177 Å². The van der Waals surface area contributed by atoms with Crippen LogP contribution in [-0.2, 0) is 17.8 Å². The predicted molar refractivity (Wildman–Crippen MR) is 117 cm³/mol. The van der Waals surface area contributed by atoms with E-state index in [1.165, 1.54) is 5.56 Å². The number of aromatic nitrogens is 3. The Bertz CT molecular complexity index is 1020. The molecule has 0 saturated carbocycles. The molecule has 1 unspecified atom stereocenters. The van der Waals surface area contributed by atoms with E-state index in [9.17, 15) is 4.79 Å². The number of imidazole rings is 1. The van der Waals surface area contributed by atoms with Crippen LogP contribution in [0.4, 0.5) is 0 Å². The van der Waals surface area contributed by atoms with E-state index >= 15 is 0 Å². The van der Waals surface area contributed by atoms with Crippen molar-refractivity contribution in [3.63, 3.8) is 0 Å². The summed E-state index contributed by atoms with van der Waals surface area (Å²) in [6, 6.07) is 10.2. The number of carbonyl (C=O) groups excluding carboxylic acids is 1. The molecule has 0 bridgehead atoms. The number of aryl methyl sites for hydroxylation is 1. The highest BCUT2D eigenvalue weighted by Crippen LogP contribution is 2.20. The van der Waals surface area contributed by atoms with Crippen LogP contribution in [0.3, 0.4) is 0 Å². The first kappa shape index (κ1) is 20.5. The summed E-state index contributed by atoms with van der Waals surface area (Å²) in [4.78, 5) is 24.4. The van der Waals surface area contributed by atoms with Gasteiger partial charge in [0.15, 0.2) is 5.65 Å². The van der Waals surface area contributed by atoms with Gasteiger partial charge in [-0.1, -0.05) is 43.7 Å². The fraction of sp³-hybridized carbons (Fsp3) is 0.458. The third-order valence-electron chi connectivity index (χ3n) is 5.46. The SMILES string of the molecule is Cc1cccc(CN(CC2CCCO2)C(=O)c2cnc3c(c2)ncn3CC(C)C)c1. The minimum Gasteiger partial charge on any atom is -0.376 e. The largest absolute Gasteiger partial charge is 0.376 e. The van der Waals surface area contributed by atoms with Gasteiger partial charge in [0.1, 0.15) is 5.52 Å². The number of hydrogen-bond donors (Lipinski definition) is 0. The Morgan fingerprint density at radius 1 is 1.30 bits per heavy atom. The smallest absolute Gasteiger partial charge is 0.255 e. The second kappa shape index (κ2) is 8.96. The van der Waals surface area contributed by atoms with E-state index in [1.54, 1.807) is 6.20 Å². The zero-order valence-electron chi connectivity index (χ0n) is 18.0. The lowest BCUT2D eigenvalue weighted by Gasteiger charge is -2.26. The molecule has 0 spiro atoms. The van der Waals surface area contributed by atoms with Gasteiger partial charge in [0.25, 0.3) is 5.91 Å². The molecule has 1 aliphatic heterocycles. The van der Waals surface area contributed by atoms with Crippen molar-refractivity contribution in [2.24, 2.45) is 5.92 Å². The van der Waals surface area contributed by atoms with Gasteiger partial charge in [-0.2, -0.15) is 0 Å². The van der Waals surface area contributed by atoms with Crippen molar-refractivity contribution in [1.29, 1.82) is 0 Å². The Morgan fingerprint density at radius 2 is 2.17 bits per heavy atom. The molecule has 0 aliphatic carbocycles. The van der Waals surface area contributed by atoms with E-state index in [0.29, 0.717) is 24.6 Å². The van der Waals surface area contributed by atoms with Crippen molar-refractivity contribution in [3.8, 4) is 0 Å². The second-order valence-electron chi connectivity index (χ2n) is 8.67. The van der Waals surface area contributed by atoms with Gasteiger partial charge in [-0.05, 0) is 37.3 Å². The van der Waals surface area contributed by atoms with Crippen LogP contribution in [0.25, 0.3) is 11.2 Å². The number of carbonyl (C=O) groups is 1. The summed E-state index contributed by atoms with van der Waals surface area (Å²) in [5.41, 5.74) is 4.47. The number of hydrogen-bond acceptors (Lipinski definition) is 4. The lowest BCUT2D eigenvalue weighted by Crippen LogP contribution is -2.37. The Hall–Kier alpha value is -2.73. The Balaban J connectivity index is 1.59. The van der Waals surface area contributed by atoms with Gasteiger partial charge < -0.3 is 14.2 Å². The molecule has 3 heterocycles. The summed E-state index contributed by atoms with van der Waals surface area (Å²) in [5, 5.41) is 0. The van der Waals surface area contributed by atoms with Crippen LogP contribution in [0.1, 0.15) is 48.2 Å². The average Bonchev–Trinajstić information content (AvgIpc) is 3.36. The van der Waals surface area contributed by atoms with Crippen LogP contribution in [0.5, 0.6) is 0 Å². The van der Waals surface area contributed by atoms with Crippen molar-refractivity contribution in [2.45, 2.75) is 52.8 Å². The van der Waals surface area contributed by atoms with Crippen molar-refractivity contribution in [1.82, 2.24) is 19.4 Å². The summed E-state index contributed by atoms with van der Waals surface area (Å²) in [5.74, 6) is 0.474. The first-order valence-electron chi connectivity index (χ1n) is 10.8. The molecule has 3 aromatic rings. The highest BCUT2D eigenvalue weighted by Gasteiger charge is 2.24. The van der Waals surface area contributed by atoms with E-state index in [2.05, 4.69) is 48.9 Å². The molecule has 1 atom stereocenters. The zero-order chi connectivity index (χ0) is 21.1. The van der Waals surface area contributed by atoms with Gasteiger partial charge in [-0.3, -0.25) is 4.79 Å². The maximum atomic E-state index is 13.4. The molecule has 158 valence electrons. The summed E-state index contributed by atoms with van der Waals surface area (Å²) < 4.78 is 7.86. The predicted octanol–water partition coefficient (Wildman–Crippen LogP) is 4.22. The molecule has 1 fully saturated rings. The van der Waals surface area contributed by atoms with Gasteiger partial charge in [0.2, 0.25) is 0 Å². The van der Waals surface area contributed by atoms with Gasteiger partial charge in [-0.25, -0.2) is 9.97 Å². The van der Waals surface area contributed by atoms with Gasteiger partial charge in [-0.15, -0.1) is 0 Å². The van der Waals surface area contributed by atoms with Crippen LogP contribution in [0, 0.1) is 12.8 Å². The van der Waals surface area contributed by atoms with Crippen LogP contribution < -0.4 is 0 Å². The fourth-order valence-electron chi connectivity index (χ4n) is 4.06. The summed E-state index contributed by atoms with van der Waals surface area (Å²) in [6.07, 6.45) is 5.64. The van der Waals surface area contributed by atoms with Crippen molar-refractivity contribution in [3.05, 3.63) is 59.5 Å². The number of nitrogens with zero attached hydrogens (tertiary/aromatic N) is 4. The normalized spacial score (nSPS) is 16.5. The van der Waals surface area contributed by atoms with Crippen LogP contribution in [0.2, 0.25) is 0 Å². The van der Waals surface area contributed by atoms with Gasteiger partial charge in [0, 0.05) is 32.4 Å². The molecule has 6 heteroatoms. The minimum atomic E-state index is -0.0279. The standard InChI is InChI=1S/C24H30N4O2/c1-17(2)13-28-16-26-22-11-20(12-25-23(22)28)24(29)27(15-21-8-5-9-30-21)14-19-7-4-6-18(3)10-19/h4,6-7,10-12,16-17,21H,5,8-9,13-15H2,1-3H3. The van der Waals surface area contributed by atoms with E-state index in [0.717, 1.165) is 42.7 Å².